The lowest BCUT2D eigenvalue weighted by Gasteiger charge is -2.35. The first-order valence-electron chi connectivity index (χ1n) is 7.27. The molecule has 0 aliphatic carbocycles. The number of hydrogen-bond donors (Lipinski definition) is 0. The monoisotopic (exact) mass is 287 g/mol. The second-order valence-electron chi connectivity index (χ2n) is 5.31. The van der Waals surface area contributed by atoms with Gasteiger partial charge >= 0.3 is 0 Å². The van der Waals surface area contributed by atoms with Gasteiger partial charge in [-0.15, -0.1) is 0 Å². The second kappa shape index (κ2) is 6.18. The minimum absolute atomic E-state index is 0.380. The van der Waals surface area contributed by atoms with Crippen LogP contribution in [0.3, 0.4) is 0 Å². The van der Waals surface area contributed by atoms with Crippen LogP contribution >= 0.6 is 0 Å². The van der Waals surface area contributed by atoms with Crippen LogP contribution in [0.2, 0.25) is 0 Å². The molecule has 1 aliphatic rings. The smallest absolute Gasteiger partial charge is 0.127 e. The van der Waals surface area contributed by atoms with Gasteiger partial charge in [-0.2, -0.15) is 5.10 Å². The van der Waals surface area contributed by atoms with Crippen molar-refractivity contribution in [2.45, 2.75) is 19.5 Å². The first-order chi connectivity index (χ1) is 10.3. The molecule has 0 spiro atoms. The molecule has 2 aromatic rings. The Morgan fingerprint density at radius 3 is 2.81 bits per heavy atom. The van der Waals surface area contributed by atoms with Crippen molar-refractivity contribution >= 4 is 5.82 Å². The summed E-state index contributed by atoms with van der Waals surface area (Å²) in [6.07, 6.45) is 1.86. The maximum absolute atomic E-state index is 5.51. The van der Waals surface area contributed by atoms with Crippen LogP contribution in [0.1, 0.15) is 12.5 Å². The molecule has 1 atom stereocenters. The van der Waals surface area contributed by atoms with Gasteiger partial charge in [0.15, 0.2) is 0 Å². The van der Waals surface area contributed by atoms with Crippen molar-refractivity contribution < 1.29 is 9.47 Å². The van der Waals surface area contributed by atoms with Crippen molar-refractivity contribution in [2.75, 3.05) is 31.8 Å². The number of methoxy groups -OCH3 is 1. The van der Waals surface area contributed by atoms with Crippen LogP contribution < -0.4 is 9.64 Å². The van der Waals surface area contributed by atoms with Crippen LogP contribution in [0.4, 0.5) is 5.82 Å². The van der Waals surface area contributed by atoms with Crippen molar-refractivity contribution in [2.24, 2.45) is 0 Å². The molecule has 5 nitrogen and oxygen atoms in total. The summed E-state index contributed by atoms with van der Waals surface area (Å²) >= 11 is 0. The van der Waals surface area contributed by atoms with Gasteiger partial charge in [-0.25, -0.2) is 4.68 Å². The Morgan fingerprint density at radius 2 is 2.10 bits per heavy atom. The quantitative estimate of drug-likeness (QED) is 0.864. The molecule has 0 radical (unpaired) electrons. The van der Waals surface area contributed by atoms with Gasteiger partial charge in [-0.1, -0.05) is 12.1 Å². The zero-order chi connectivity index (χ0) is 14.7. The Balaban J connectivity index is 1.78. The van der Waals surface area contributed by atoms with E-state index in [1.165, 1.54) is 5.56 Å². The van der Waals surface area contributed by atoms with Gasteiger partial charge in [0.2, 0.25) is 0 Å². The number of nitrogens with zero attached hydrogens (tertiary/aromatic N) is 3. The van der Waals surface area contributed by atoms with Gasteiger partial charge in [-0.3, -0.25) is 0 Å². The molecule has 1 aromatic carbocycles. The molecule has 1 fully saturated rings. The molecule has 0 N–H and O–H groups in total. The third-order valence-electron chi connectivity index (χ3n) is 3.85. The number of ether oxygens (including phenoxy) is 2. The van der Waals surface area contributed by atoms with Crippen LogP contribution in [0.25, 0.3) is 0 Å². The Morgan fingerprint density at radius 1 is 1.29 bits per heavy atom. The predicted molar refractivity (Wildman–Crippen MR) is 82.0 cm³/mol. The van der Waals surface area contributed by atoms with Crippen LogP contribution in [-0.4, -0.2) is 42.7 Å². The van der Waals surface area contributed by atoms with Gasteiger partial charge in [0.1, 0.15) is 11.6 Å². The average Bonchev–Trinajstić information content (AvgIpc) is 2.96. The van der Waals surface area contributed by atoms with E-state index in [0.29, 0.717) is 6.04 Å². The first-order valence-corrected chi connectivity index (χ1v) is 7.27. The summed E-state index contributed by atoms with van der Waals surface area (Å²) in [5.74, 6) is 2.03. The Labute approximate surface area is 125 Å². The molecule has 1 unspecified atom stereocenters. The summed E-state index contributed by atoms with van der Waals surface area (Å²) in [5, 5.41) is 4.47. The zero-order valence-electron chi connectivity index (χ0n) is 12.5. The van der Waals surface area contributed by atoms with E-state index in [9.17, 15) is 0 Å². The van der Waals surface area contributed by atoms with E-state index in [-0.39, 0.29) is 0 Å². The van der Waals surface area contributed by atoms with E-state index in [2.05, 4.69) is 35.1 Å². The van der Waals surface area contributed by atoms with E-state index in [1.54, 1.807) is 7.11 Å². The fourth-order valence-electron chi connectivity index (χ4n) is 2.66. The van der Waals surface area contributed by atoms with Crippen LogP contribution in [0.15, 0.2) is 36.5 Å². The highest BCUT2D eigenvalue weighted by Gasteiger charge is 2.21. The van der Waals surface area contributed by atoms with Crippen LogP contribution in [0, 0.1) is 0 Å². The maximum Gasteiger partial charge on any atom is 0.127 e. The fourth-order valence-corrected chi connectivity index (χ4v) is 2.66. The SMILES string of the molecule is COc1ccc(Cn2nccc2N2CCOCC2C)cc1. The van der Waals surface area contributed by atoms with Gasteiger partial charge in [-0.05, 0) is 24.6 Å². The highest BCUT2D eigenvalue weighted by molar-refractivity contribution is 5.41. The highest BCUT2D eigenvalue weighted by atomic mass is 16.5. The molecule has 1 saturated heterocycles. The van der Waals surface area contributed by atoms with Crippen LogP contribution in [-0.2, 0) is 11.3 Å². The summed E-state index contributed by atoms with van der Waals surface area (Å²) in [6.45, 7) is 5.40. The predicted octanol–water partition coefficient (Wildman–Crippen LogP) is 2.17. The van der Waals surface area contributed by atoms with E-state index >= 15 is 0 Å². The maximum atomic E-state index is 5.51. The summed E-state index contributed by atoms with van der Waals surface area (Å²) in [6, 6.07) is 10.6. The molecule has 0 bridgehead atoms. The van der Waals surface area contributed by atoms with Crippen molar-refractivity contribution in [3.63, 3.8) is 0 Å². The van der Waals surface area contributed by atoms with E-state index in [0.717, 1.165) is 37.9 Å². The lowest BCUT2D eigenvalue weighted by atomic mass is 10.2. The number of aromatic nitrogens is 2. The Hall–Kier alpha value is -2.01. The minimum Gasteiger partial charge on any atom is -0.497 e. The molecule has 21 heavy (non-hydrogen) atoms. The minimum atomic E-state index is 0.380. The first kappa shape index (κ1) is 13.9. The molecular formula is C16H21N3O2. The van der Waals surface area contributed by atoms with Crippen molar-refractivity contribution in [3.8, 4) is 5.75 Å². The molecule has 0 saturated carbocycles. The Bertz CT molecular complexity index is 579. The van der Waals surface area contributed by atoms with Gasteiger partial charge in [0.25, 0.3) is 0 Å². The second-order valence-corrected chi connectivity index (χ2v) is 5.31. The number of morpholine rings is 1. The van der Waals surface area contributed by atoms with Gasteiger partial charge in [0, 0.05) is 12.6 Å². The number of anilines is 1. The van der Waals surface area contributed by atoms with Crippen molar-refractivity contribution in [1.29, 1.82) is 0 Å². The number of hydrogen-bond acceptors (Lipinski definition) is 4. The van der Waals surface area contributed by atoms with E-state index < -0.39 is 0 Å². The standard InChI is InChI=1S/C16H21N3O2/c1-13-12-21-10-9-18(13)16-7-8-17-19(16)11-14-3-5-15(20-2)6-4-14/h3-8,13H,9-12H2,1-2H3. The van der Waals surface area contributed by atoms with Gasteiger partial charge < -0.3 is 14.4 Å². The molecule has 5 heteroatoms. The van der Waals surface area contributed by atoms with Crippen molar-refractivity contribution in [3.05, 3.63) is 42.1 Å². The number of benzene rings is 1. The topological polar surface area (TPSA) is 39.5 Å². The molecule has 0 amide bonds. The summed E-state index contributed by atoms with van der Waals surface area (Å²) in [4.78, 5) is 2.36. The molecule has 1 aromatic heterocycles. The normalized spacial score (nSPS) is 18.8. The molecule has 1 aliphatic heterocycles. The van der Waals surface area contributed by atoms with Crippen molar-refractivity contribution in [1.82, 2.24) is 9.78 Å². The molecule has 2 heterocycles. The molecule has 3 rings (SSSR count). The Kier molecular flexibility index (Phi) is 4.10. The third kappa shape index (κ3) is 3.03. The van der Waals surface area contributed by atoms with Crippen LogP contribution in [0.5, 0.6) is 5.75 Å². The molecule has 112 valence electrons. The van der Waals surface area contributed by atoms with E-state index in [4.69, 9.17) is 9.47 Å². The molecular weight excluding hydrogens is 266 g/mol. The largest absolute Gasteiger partial charge is 0.497 e. The third-order valence-corrected chi connectivity index (χ3v) is 3.85. The van der Waals surface area contributed by atoms with Gasteiger partial charge in [0.05, 0.1) is 39.1 Å². The number of rotatable bonds is 4. The zero-order valence-corrected chi connectivity index (χ0v) is 12.5. The highest BCUT2D eigenvalue weighted by Crippen LogP contribution is 2.21. The lowest BCUT2D eigenvalue weighted by molar-refractivity contribution is 0.0981. The average molecular weight is 287 g/mol. The summed E-state index contributed by atoms with van der Waals surface area (Å²) in [7, 11) is 1.68. The fraction of sp³-hybridized carbons (Fsp3) is 0.438. The summed E-state index contributed by atoms with van der Waals surface area (Å²) < 4.78 is 12.7. The summed E-state index contributed by atoms with van der Waals surface area (Å²) in [5.41, 5.74) is 1.21. The lowest BCUT2D eigenvalue weighted by Crippen LogP contribution is -2.44. The van der Waals surface area contributed by atoms with E-state index in [1.807, 2.05) is 23.0 Å².